The van der Waals surface area contributed by atoms with E-state index in [1.807, 2.05) is 44.3 Å². The van der Waals surface area contributed by atoms with Gasteiger partial charge in [-0.15, -0.1) is 0 Å². The maximum Gasteiger partial charge on any atom is 0.311 e. The van der Waals surface area contributed by atoms with Gasteiger partial charge in [0.2, 0.25) is 0 Å². The molecule has 0 bridgehead atoms. The van der Waals surface area contributed by atoms with Gasteiger partial charge in [0.25, 0.3) is 0 Å². The number of benzene rings is 1. The van der Waals surface area contributed by atoms with E-state index < -0.39 is 0 Å². The fourth-order valence-electron chi connectivity index (χ4n) is 1.41. The topological polar surface area (TPSA) is 41.9 Å². The Morgan fingerprint density at radius 1 is 1.35 bits per heavy atom. The Balaban J connectivity index is 2.59. The van der Waals surface area contributed by atoms with Crippen molar-refractivity contribution in [3.05, 3.63) is 30.3 Å². The average molecular weight is 234 g/mol. The zero-order valence-electron chi connectivity index (χ0n) is 10.5. The number of ether oxygens (including phenoxy) is 1. The monoisotopic (exact) mass is 234 g/mol. The van der Waals surface area contributed by atoms with Crippen molar-refractivity contribution in [1.29, 1.82) is 0 Å². The van der Waals surface area contributed by atoms with E-state index >= 15 is 0 Å². The van der Waals surface area contributed by atoms with Crippen molar-refractivity contribution < 1.29 is 9.53 Å². The highest BCUT2D eigenvalue weighted by atomic mass is 16.5. The van der Waals surface area contributed by atoms with Crippen LogP contribution in [0.2, 0.25) is 0 Å². The number of anilines is 1. The van der Waals surface area contributed by atoms with Gasteiger partial charge in [-0.1, -0.05) is 18.2 Å². The molecule has 0 radical (unpaired) electrons. The molecule has 4 nitrogen and oxygen atoms in total. The maximum atomic E-state index is 11.2. The first kappa shape index (κ1) is 13.2. The summed E-state index contributed by atoms with van der Waals surface area (Å²) in [7, 11) is 1.85. The van der Waals surface area contributed by atoms with E-state index in [1.54, 1.807) is 11.9 Å². The Morgan fingerprint density at radius 2 is 2.00 bits per heavy atom. The first-order valence-corrected chi connectivity index (χ1v) is 5.62. The number of carbonyl (C=O) groups is 1. The van der Waals surface area contributed by atoms with Crippen LogP contribution < -0.4 is 5.01 Å². The van der Waals surface area contributed by atoms with Gasteiger partial charge >= 0.3 is 5.97 Å². The molecule has 0 aromatic heterocycles. The van der Waals surface area contributed by atoms with E-state index in [0.717, 1.165) is 11.4 Å². The first-order valence-electron chi connectivity index (χ1n) is 5.62. The Bertz CT molecular complexity index is 388. The number of nitrogens with zero attached hydrogens (tertiary/aromatic N) is 2. The lowest BCUT2D eigenvalue weighted by molar-refractivity contribution is -0.141. The number of hydrazone groups is 1. The third-order valence-electron chi connectivity index (χ3n) is 2.16. The van der Waals surface area contributed by atoms with Crippen LogP contribution in [0.15, 0.2) is 35.4 Å². The molecule has 0 unspecified atom stereocenters. The van der Waals surface area contributed by atoms with Gasteiger partial charge < -0.3 is 4.74 Å². The molecule has 1 aromatic rings. The Kier molecular flexibility index (Phi) is 5.20. The molecule has 0 heterocycles. The SMILES string of the molecule is CCOC(=O)CC(C)=NN(C)c1ccccc1. The lowest BCUT2D eigenvalue weighted by Crippen LogP contribution is -2.15. The van der Waals surface area contributed by atoms with Gasteiger partial charge in [-0.05, 0) is 26.0 Å². The lowest BCUT2D eigenvalue weighted by atomic mass is 10.3. The molecule has 92 valence electrons. The van der Waals surface area contributed by atoms with Gasteiger partial charge in [-0.3, -0.25) is 9.80 Å². The van der Waals surface area contributed by atoms with Crippen LogP contribution in [-0.4, -0.2) is 25.3 Å². The minimum Gasteiger partial charge on any atom is -0.466 e. The summed E-state index contributed by atoms with van der Waals surface area (Å²) in [5.74, 6) is -0.241. The summed E-state index contributed by atoms with van der Waals surface area (Å²) < 4.78 is 4.86. The van der Waals surface area contributed by atoms with Crippen LogP contribution >= 0.6 is 0 Å². The summed E-state index contributed by atoms with van der Waals surface area (Å²) >= 11 is 0. The predicted octanol–water partition coefficient (Wildman–Crippen LogP) is 2.45. The first-order chi connectivity index (χ1) is 8.13. The molecule has 1 aromatic carbocycles. The van der Waals surface area contributed by atoms with Crippen molar-refractivity contribution in [2.75, 3.05) is 18.7 Å². The summed E-state index contributed by atoms with van der Waals surface area (Å²) in [6.45, 7) is 4.01. The quantitative estimate of drug-likeness (QED) is 0.446. The molecular formula is C13H18N2O2. The van der Waals surface area contributed by atoms with E-state index in [4.69, 9.17) is 4.74 Å². The highest BCUT2D eigenvalue weighted by molar-refractivity contribution is 5.97. The smallest absolute Gasteiger partial charge is 0.311 e. The standard InChI is InChI=1S/C13H18N2O2/c1-4-17-13(16)10-11(2)14-15(3)12-8-6-5-7-9-12/h5-9H,4,10H2,1-3H3. The summed E-state index contributed by atoms with van der Waals surface area (Å²) in [5.41, 5.74) is 1.71. The Hall–Kier alpha value is -1.84. The molecule has 0 N–H and O–H groups in total. The molecule has 0 aliphatic rings. The largest absolute Gasteiger partial charge is 0.466 e. The van der Waals surface area contributed by atoms with Crippen LogP contribution in [0.1, 0.15) is 20.3 Å². The van der Waals surface area contributed by atoms with Gasteiger partial charge in [0.05, 0.1) is 18.7 Å². The fourth-order valence-corrected chi connectivity index (χ4v) is 1.41. The van der Waals surface area contributed by atoms with E-state index in [9.17, 15) is 4.79 Å². The molecule has 0 spiro atoms. The molecule has 17 heavy (non-hydrogen) atoms. The zero-order chi connectivity index (χ0) is 12.7. The van der Waals surface area contributed by atoms with Crippen molar-refractivity contribution in [1.82, 2.24) is 0 Å². The summed E-state index contributed by atoms with van der Waals surface area (Å²) in [6, 6.07) is 9.76. The molecule has 0 saturated carbocycles. The van der Waals surface area contributed by atoms with Crippen molar-refractivity contribution in [3.63, 3.8) is 0 Å². The van der Waals surface area contributed by atoms with Gasteiger partial charge in [-0.25, -0.2) is 0 Å². The number of hydrogen-bond donors (Lipinski definition) is 0. The van der Waals surface area contributed by atoms with Gasteiger partial charge in [0, 0.05) is 12.8 Å². The van der Waals surface area contributed by atoms with Crippen LogP contribution in [0.5, 0.6) is 0 Å². The third kappa shape index (κ3) is 4.68. The average Bonchev–Trinajstić information content (AvgIpc) is 2.30. The molecule has 0 saturated heterocycles. The van der Waals surface area contributed by atoms with Crippen molar-refractivity contribution >= 4 is 17.4 Å². The lowest BCUT2D eigenvalue weighted by Gasteiger charge is -2.14. The highest BCUT2D eigenvalue weighted by Gasteiger charge is 2.05. The van der Waals surface area contributed by atoms with E-state index in [1.165, 1.54) is 0 Å². The van der Waals surface area contributed by atoms with Crippen LogP contribution in [0.25, 0.3) is 0 Å². The van der Waals surface area contributed by atoms with E-state index in [0.29, 0.717) is 6.61 Å². The minimum absolute atomic E-state index is 0.227. The summed E-state index contributed by atoms with van der Waals surface area (Å²) in [5, 5.41) is 6.06. The second-order valence-corrected chi connectivity index (χ2v) is 3.68. The number of carbonyl (C=O) groups excluding carboxylic acids is 1. The van der Waals surface area contributed by atoms with Crippen molar-refractivity contribution in [2.24, 2.45) is 5.10 Å². The minimum atomic E-state index is -0.241. The zero-order valence-corrected chi connectivity index (χ0v) is 10.5. The third-order valence-corrected chi connectivity index (χ3v) is 2.16. The van der Waals surface area contributed by atoms with Crippen LogP contribution in [0, 0.1) is 0 Å². The van der Waals surface area contributed by atoms with Crippen LogP contribution in [-0.2, 0) is 9.53 Å². The molecule has 4 heteroatoms. The van der Waals surface area contributed by atoms with E-state index in [-0.39, 0.29) is 12.4 Å². The number of para-hydroxylation sites is 1. The van der Waals surface area contributed by atoms with Gasteiger partial charge in [0.15, 0.2) is 0 Å². The highest BCUT2D eigenvalue weighted by Crippen LogP contribution is 2.11. The number of esters is 1. The van der Waals surface area contributed by atoms with Crippen LogP contribution in [0.4, 0.5) is 5.69 Å². The second kappa shape index (κ2) is 6.68. The van der Waals surface area contributed by atoms with Crippen molar-refractivity contribution in [2.45, 2.75) is 20.3 Å². The summed E-state index contributed by atoms with van der Waals surface area (Å²) in [4.78, 5) is 11.2. The Labute approximate surface area is 102 Å². The molecule has 1 rings (SSSR count). The normalized spacial score (nSPS) is 11.1. The van der Waals surface area contributed by atoms with Crippen LogP contribution in [0.3, 0.4) is 0 Å². The molecular weight excluding hydrogens is 216 g/mol. The Morgan fingerprint density at radius 3 is 2.59 bits per heavy atom. The van der Waals surface area contributed by atoms with Gasteiger partial charge in [0.1, 0.15) is 0 Å². The maximum absolute atomic E-state index is 11.2. The molecule has 0 atom stereocenters. The van der Waals surface area contributed by atoms with E-state index in [2.05, 4.69) is 5.10 Å². The second-order valence-electron chi connectivity index (χ2n) is 3.68. The molecule has 0 aliphatic heterocycles. The summed E-state index contributed by atoms with van der Waals surface area (Å²) in [6.07, 6.45) is 0.227. The molecule has 0 fully saturated rings. The number of hydrogen-bond acceptors (Lipinski definition) is 4. The molecule has 0 aliphatic carbocycles. The van der Waals surface area contributed by atoms with Crippen molar-refractivity contribution in [3.8, 4) is 0 Å². The van der Waals surface area contributed by atoms with Gasteiger partial charge in [-0.2, -0.15) is 5.10 Å². The predicted molar refractivity (Wildman–Crippen MR) is 69.2 cm³/mol. The number of rotatable bonds is 5. The molecule has 0 amide bonds. The fraction of sp³-hybridized carbons (Fsp3) is 0.385.